The maximum Gasteiger partial charge on any atom is 0.406 e. The molecule has 1 rings (SSSR count). The van der Waals surface area contributed by atoms with Gasteiger partial charge >= 0.3 is 6.18 Å². The highest BCUT2D eigenvalue weighted by atomic mass is 19.4. The molecule has 8 heteroatoms. The third kappa shape index (κ3) is 6.06. The predicted molar refractivity (Wildman–Crippen MR) is 88.0 cm³/mol. The topological polar surface area (TPSA) is 48.0 Å². The molecule has 25 heavy (non-hydrogen) atoms. The quantitative estimate of drug-likeness (QED) is 0.528. The molecule has 1 aromatic rings. The van der Waals surface area contributed by atoms with Gasteiger partial charge in [-0.3, -0.25) is 4.79 Å². The monoisotopic (exact) mass is 359 g/mol. The van der Waals surface area contributed by atoms with E-state index in [1.54, 1.807) is 12.1 Å². The van der Waals surface area contributed by atoms with Crippen LogP contribution >= 0.6 is 0 Å². The minimum absolute atomic E-state index is 0.217. The molecule has 0 heterocycles. The molecule has 0 saturated carbocycles. The lowest BCUT2D eigenvalue weighted by molar-refractivity contribution is -0.157. The SMILES string of the molecule is C=CCN(CC(F)(F)F)C(=O)/C=C/c1cc(OC)c(OC)cc1OC. The Morgan fingerprint density at radius 3 is 2.16 bits per heavy atom. The Bertz CT molecular complexity index is 642. The fourth-order valence-electron chi connectivity index (χ4n) is 2.05. The summed E-state index contributed by atoms with van der Waals surface area (Å²) >= 11 is 0. The molecule has 0 radical (unpaired) electrons. The third-order valence-electron chi connectivity index (χ3n) is 3.17. The molecule has 0 unspecified atom stereocenters. The van der Waals surface area contributed by atoms with Crippen molar-refractivity contribution in [1.82, 2.24) is 4.90 Å². The second-order valence-corrected chi connectivity index (χ2v) is 4.91. The Hall–Kier alpha value is -2.64. The van der Waals surface area contributed by atoms with E-state index in [0.717, 1.165) is 6.08 Å². The maximum absolute atomic E-state index is 12.6. The second kappa shape index (κ2) is 9.00. The molecule has 0 aromatic heterocycles. The number of nitrogens with zero attached hydrogens (tertiary/aromatic N) is 1. The van der Waals surface area contributed by atoms with Crippen LogP contribution in [0.15, 0.2) is 30.9 Å². The fraction of sp³-hybridized carbons (Fsp3) is 0.353. The van der Waals surface area contributed by atoms with Crippen LogP contribution in [0.3, 0.4) is 0 Å². The van der Waals surface area contributed by atoms with Crippen molar-refractivity contribution in [1.29, 1.82) is 0 Å². The molecule has 0 spiro atoms. The number of methoxy groups -OCH3 is 3. The molecule has 138 valence electrons. The number of hydrogen-bond acceptors (Lipinski definition) is 4. The molecule has 0 aliphatic rings. The van der Waals surface area contributed by atoms with E-state index < -0.39 is 18.6 Å². The predicted octanol–water partition coefficient (Wildman–Crippen LogP) is 3.30. The van der Waals surface area contributed by atoms with E-state index in [1.807, 2.05) is 0 Å². The van der Waals surface area contributed by atoms with Gasteiger partial charge in [0.1, 0.15) is 12.3 Å². The number of rotatable bonds is 8. The summed E-state index contributed by atoms with van der Waals surface area (Å²) in [5, 5.41) is 0. The first-order chi connectivity index (χ1) is 11.8. The van der Waals surface area contributed by atoms with E-state index in [2.05, 4.69) is 6.58 Å². The summed E-state index contributed by atoms with van der Waals surface area (Å²) in [4.78, 5) is 12.7. The van der Waals surface area contributed by atoms with E-state index in [0.29, 0.717) is 27.7 Å². The first-order valence-electron chi connectivity index (χ1n) is 7.20. The average molecular weight is 359 g/mol. The van der Waals surface area contributed by atoms with Crippen molar-refractivity contribution >= 4 is 12.0 Å². The summed E-state index contributed by atoms with van der Waals surface area (Å²) in [5.74, 6) is 0.406. The zero-order chi connectivity index (χ0) is 19.0. The number of hydrogen-bond donors (Lipinski definition) is 0. The summed E-state index contributed by atoms with van der Waals surface area (Å²) in [7, 11) is 4.33. The van der Waals surface area contributed by atoms with Crippen LogP contribution in [0.2, 0.25) is 0 Å². The Balaban J connectivity index is 3.09. The number of halogens is 3. The smallest absolute Gasteiger partial charge is 0.406 e. The highest BCUT2D eigenvalue weighted by Crippen LogP contribution is 2.35. The van der Waals surface area contributed by atoms with Gasteiger partial charge in [-0.15, -0.1) is 6.58 Å². The number of carbonyl (C=O) groups excluding carboxylic acids is 1. The van der Waals surface area contributed by atoms with E-state index in [9.17, 15) is 18.0 Å². The summed E-state index contributed by atoms with van der Waals surface area (Å²) in [6, 6.07) is 3.11. The highest BCUT2D eigenvalue weighted by molar-refractivity contribution is 5.92. The normalized spacial score (nSPS) is 11.3. The van der Waals surface area contributed by atoms with Crippen molar-refractivity contribution in [2.45, 2.75) is 6.18 Å². The Kier molecular flexibility index (Phi) is 7.35. The van der Waals surface area contributed by atoms with Crippen LogP contribution in [0.4, 0.5) is 13.2 Å². The lowest BCUT2D eigenvalue weighted by Crippen LogP contribution is -2.38. The average Bonchev–Trinajstić information content (AvgIpc) is 2.57. The Labute approximate surface area is 144 Å². The van der Waals surface area contributed by atoms with Crippen LogP contribution in [-0.2, 0) is 4.79 Å². The van der Waals surface area contributed by atoms with Crippen molar-refractivity contribution in [3.63, 3.8) is 0 Å². The first kappa shape index (κ1) is 20.4. The van der Waals surface area contributed by atoms with Crippen LogP contribution in [0.1, 0.15) is 5.56 Å². The molecular weight excluding hydrogens is 339 g/mol. The van der Waals surface area contributed by atoms with Gasteiger partial charge in [0.15, 0.2) is 11.5 Å². The van der Waals surface area contributed by atoms with E-state index in [4.69, 9.17) is 14.2 Å². The first-order valence-corrected chi connectivity index (χ1v) is 7.20. The molecule has 1 aromatic carbocycles. The van der Waals surface area contributed by atoms with Crippen molar-refractivity contribution < 1.29 is 32.2 Å². The minimum Gasteiger partial charge on any atom is -0.496 e. The van der Waals surface area contributed by atoms with E-state index in [-0.39, 0.29) is 6.54 Å². The number of carbonyl (C=O) groups is 1. The van der Waals surface area contributed by atoms with E-state index in [1.165, 1.54) is 33.5 Å². The fourth-order valence-corrected chi connectivity index (χ4v) is 2.05. The van der Waals surface area contributed by atoms with Crippen LogP contribution in [0.25, 0.3) is 6.08 Å². The molecule has 1 amide bonds. The molecule has 0 saturated heterocycles. The van der Waals surface area contributed by atoms with Gasteiger partial charge < -0.3 is 19.1 Å². The van der Waals surface area contributed by atoms with Crippen molar-refractivity contribution in [3.8, 4) is 17.2 Å². The van der Waals surface area contributed by atoms with Crippen LogP contribution < -0.4 is 14.2 Å². The number of alkyl halides is 3. The lowest BCUT2D eigenvalue weighted by Gasteiger charge is -2.21. The zero-order valence-electron chi connectivity index (χ0n) is 14.2. The largest absolute Gasteiger partial charge is 0.496 e. The summed E-state index contributed by atoms with van der Waals surface area (Å²) in [5.41, 5.74) is 0.457. The lowest BCUT2D eigenvalue weighted by atomic mass is 10.1. The minimum atomic E-state index is -4.49. The summed E-state index contributed by atoms with van der Waals surface area (Å²) in [6.07, 6.45) is -0.864. The van der Waals surface area contributed by atoms with Crippen LogP contribution in [0, 0.1) is 0 Å². The van der Waals surface area contributed by atoms with Crippen LogP contribution in [-0.4, -0.2) is 51.4 Å². The van der Waals surface area contributed by atoms with Crippen molar-refractivity contribution in [3.05, 3.63) is 36.4 Å². The molecule has 0 aliphatic carbocycles. The standard InChI is InChI=1S/C17H20F3NO4/c1-5-8-21(11-17(18,19)20)16(22)7-6-12-9-14(24-3)15(25-4)10-13(12)23-2/h5-7,9-10H,1,8,11H2,2-4H3/b7-6+. The third-order valence-corrected chi connectivity index (χ3v) is 3.17. The van der Waals surface area contributed by atoms with Gasteiger partial charge in [0, 0.05) is 24.3 Å². The second-order valence-electron chi connectivity index (χ2n) is 4.91. The summed E-state index contributed by atoms with van der Waals surface area (Å²) < 4.78 is 53.2. The van der Waals surface area contributed by atoms with Crippen LogP contribution in [0.5, 0.6) is 17.2 Å². The number of benzene rings is 1. The van der Waals surface area contributed by atoms with E-state index >= 15 is 0 Å². The molecule has 5 nitrogen and oxygen atoms in total. The number of ether oxygens (including phenoxy) is 3. The molecule has 0 atom stereocenters. The van der Waals surface area contributed by atoms with Crippen molar-refractivity contribution in [2.75, 3.05) is 34.4 Å². The summed E-state index contributed by atoms with van der Waals surface area (Å²) in [6.45, 7) is 1.79. The highest BCUT2D eigenvalue weighted by Gasteiger charge is 2.31. The van der Waals surface area contributed by atoms with Gasteiger partial charge in [-0.2, -0.15) is 13.2 Å². The molecular formula is C17H20F3NO4. The van der Waals surface area contributed by atoms with Gasteiger partial charge in [-0.1, -0.05) is 6.08 Å². The van der Waals surface area contributed by atoms with Crippen molar-refractivity contribution in [2.24, 2.45) is 0 Å². The number of amides is 1. The van der Waals surface area contributed by atoms with Gasteiger partial charge in [0.2, 0.25) is 5.91 Å². The molecule has 0 N–H and O–H groups in total. The molecule has 0 aliphatic heterocycles. The Morgan fingerprint density at radius 1 is 1.12 bits per heavy atom. The van der Waals surface area contributed by atoms with Gasteiger partial charge in [0.25, 0.3) is 0 Å². The van der Waals surface area contributed by atoms with Gasteiger partial charge in [-0.05, 0) is 12.1 Å². The van der Waals surface area contributed by atoms with Gasteiger partial charge in [-0.25, -0.2) is 0 Å². The zero-order valence-corrected chi connectivity index (χ0v) is 14.2. The maximum atomic E-state index is 12.6. The van der Waals surface area contributed by atoms with Gasteiger partial charge in [0.05, 0.1) is 21.3 Å². The molecule has 0 bridgehead atoms. The Morgan fingerprint density at radius 2 is 1.68 bits per heavy atom. The molecule has 0 fully saturated rings.